The highest BCUT2D eigenvalue weighted by atomic mass is 32.2. The van der Waals surface area contributed by atoms with E-state index in [1.165, 1.54) is 15.9 Å². The van der Waals surface area contributed by atoms with Crippen molar-refractivity contribution in [1.29, 1.82) is 0 Å². The highest BCUT2D eigenvalue weighted by molar-refractivity contribution is 7.91. The smallest absolute Gasteiger partial charge is 0.337 e. The van der Waals surface area contributed by atoms with Crippen LogP contribution in [0.5, 0.6) is 0 Å². The number of benzene rings is 1. The summed E-state index contributed by atoms with van der Waals surface area (Å²) in [7, 11) is -3.53. The van der Waals surface area contributed by atoms with E-state index in [4.69, 9.17) is 0 Å². The Labute approximate surface area is 164 Å². The number of carboxylic acids is 1. The molecule has 1 N–H and O–H groups in total. The third kappa shape index (κ3) is 4.31. The van der Waals surface area contributed by atoms with Crippen LogP contribution in [0.4, 0.5) is 0 Å². The molecule has 0 spiro atoms. The number of hydrogen-bond donors (Lipinski definition) is 1. The number of sulfonamides is 1. The van der Waals surface area contributed by atoms with E-state index in [0.717, 1.165) is 29.7 Å². The Morgan fingerprint density at radius 1 is 1.11 bits per heavy atom. The molecule has 2 aromatic rings. The molecule has 27 heavy (non-hydrogen) atoms. The van der Waals surface area contributed by atoms with Gasteiger partial charge in [-0.3, -0.25) is 0 Å². The molecule has 1 saturated heterocycles. The fraction of sp³-hybridized carbons (Fsp3) is 0.350. The zero-order valence-electron chi connectivity index (χ0n) is 15.4. The van der Waals surface area contributed by atoms with E-state index in [-0.39, 0.29) is 9.78 Å². The lowest BCUT2D eigenvalue weighted by Crippen LogP contribution is -2.27. The molecule has 0 radical (unpaired) electrons. The minimum atomic E-state index is -3.53. The van der Waals surface area contributed by atoms with Crippen LogP contribution in [0.15, 0.2) is 40.6 Å². The molecule has 144 valence electrons. The van der Waals surface area contributed by atoms with Crippen LogP contribution in [0.2, 0.25) is 0 Å². The summed E-state index contributed by atoms with van der Waals surface area (Å²) in [6.07, 6.45) is 3.32. The maximum absolute atomic E-state index is 12.7. The Bertz CT molecular complexity index is 950. The Kier molecular flexibility index (Phi) is 5.83. The molecule has 1 fully saturated rings. The van der Waals surface area contributed by atoms with Crippen molar-refractivity contribution < 1.29 is 18.3 Å². The second-order valence-electron chi connectivity index (χ2n) is 6.91. The van der Waals surface area contributed by atoms with Crippen molar-refractivity contribution >= 4 is 39.0 Å². The first kappa shape index (κ1) is 19.8. The molecular formula is C20H23NO4S2. The normalized spacial score (nSPS) is 16.2. The van der Waals surface area contributed by atoms with Gasteiger partial charge in [0.15, 0.2) is 0 Å². The zero-order chi connectivity index (χ0) is 19.6. The van der Waals surface area contributed by atoms with Gasteiger partial charge in [0.2, 0.25) is 0 Å². The summed E-state index contributed by atoms with van der Waals surface area (Å²) in [5.41, 5.74) is 2.05. The van der Waals surface area contributed by atoms with Crippen LogP contribution in [0, 0.1) is 0 Å². The van der Waals surface area contributed by atoms with E-state index < -0.39 is 16.0 Å². The molecule has 0 aliphatic carbocycles. The van der Waals surface area contributed by atoms with Gasteiger partial charge in [0.25, 0.3) is 10.0 Å². The summed E-state index contributed by atoms with van der Waals surface area (Å²) in [6.45, 7) is 5.25. The molecular weight excluding hydrogens is 382 g/mol. The number of carbonyl (C=O) groups is 1. The Balaban J connectivity index is 1.92. The van der Waals surface area contributed by atoms with Crippen molar-refractivity contribution in [3.8, 4) is 0 Å². The van der Waals surface area contributed by atoms with Crippen LogP contribution in [0.1, 0.15) is 48.6 Å². The quantitative estimate of drug-likeness (QED) is 0.728. The van der Waals surface area contributed by atoms with Crippen LogP contribution < -0.4 is 0 Å². The van der Waals surface area contributed by atoms with Gasteiger partial charge in [-0.1, -0.05) is 38.1 Å². The van der Waals surface area contributed by atoms with Gasteiger partial charge in [0, 0.05) is 18.0 Å². The lowest BCUT2D eigenvalue weighted by atomic mass is 10.0. The largest absolute Gasteiger partial charge is 0.478 e. The van der Waals surface area contributed by atoms with E-state index in [1.54, 1.807) is 12.1 Å². The van der Waals surface area contributed by atoms with Gasteiger partial charge < -0.3 is 5.11 Å². The van der Waals surface area contributed by atoms with Gasteiger partial charge in [0.1, 0.15) is 4.21 Å². The second kappa shape index (κ2) is 7.96. The van der Waals surface area contributed by atoms with Crippen molar-refractivity contribution in [3.05, 3.63) is 52.4 Å². The molecule has 0 amide bonds. The summed E-state index contributed by atoms with van der Waals surface area (Å²) >= 11 is 1.01. The molecule has 1 aromatic carbocycles. The third-order valence-corrected chi connectivity index (χ3v) is 8.14. The van der Waals surface area contributed by atoms with Crippen molar-refractivity contribution in [1.82, 2.24) is 4.31 Å². The SMILES string of the molecule is CC(C)c1ccc(/C=C(\C(=O)O)c2ccc(S(=O)(=O)N3CCCC3)s2)cc1. The fourth-order valence-electron chi connectivity index (χ4n) is 3.04. The van der Waals surface area contributed by atoms with Crippen molar-refractivity contribution in [3.63, 3.8) is 0 Å². The molecule has 0 unspecified atom stereocenters. The van der Waals surface area contributed by atoms with E-state index >= 15 is 0 Å². The highest BCUT2D eigenvalue weighted by Crippen LogP contribution is 2.32. The maximum Gasteiger partial charge on any atom is 0.337 e. The molecule has 1 aromatic heterocycles. The van der Waals surface area contributed by atoms with Crippen molar-refractivity contribution in [2.75, 3.05) is 13.1 Å². The molecule has 5 nitrogen and oxygen atoms in total. The number of nitrogens with zero attached hydrogens (tertiary/aromatic N) is 1. The Morgan fingerprint density at radius 2 is 1.74 bits per heavy atom. The van der Waals surface area contributed by atoms with E-state index in [2.05, 4.69) is 13.8 Å². The topological polar surface area (TPSA) is 74.7 Å². The molecule has 3 rings (SSSR count). The number of carboxylic acid groups (broad SMARTS) is 1. The number of rotatable bonds is 6. The maximum atomic E-state index is 12.7. The van der Waals surface area contributed by atoms with Crippen LogP contribution in [-0.4, -0.2) is 36.9 Å². The van der Waals surface area contributed by atoms with Crippen LogP contribution >= 0.6 is 11.3 Å². The van der Waals surface area contributed by atoms with Gasteiger partial charge >= 0.3 is 5.97 Å². The lowest BCUT2D eigenvalue weighted by Gasteiger charge is -2.13. The lowest BCUT2D eigenvalue weighted by molar-refractivity contribution is -0.130. The van der Waals surface area contributed by atoms with Gasteiger partial charge in [-0.2, -0.15) is 4.31 Å². The molecule has 1 aliphatic rings. The number of thiophene rings is 1. The van der Waals surface area contributed by atoms with Gasteiger partial charge in [0.05, 0.1) is 5.57 Å². The van der Waals surface area contributed by atoms with Crippen LogP contribution in [0.25, 0.3) is 11.6 Å². The minimum Gasteiger partial charge on any atom is -0.478 e. The highest BCUT2D eigenvalue weighted by Gasteiger charge is 2.29. The summed E-state index contributed by atoms with van der Waals surface area (Å²) < 4.78 is 27.0. The van der Waals surface area contributed by atoms with Crippen LogP contribution in [0.3, 0.4) is 0 Å². The average Bonchev–Trinajstić information content (AvgIpc) is 3.32. The van der Waals surface area contributed by atoms with Crippen molar-refractivity contribution in [2.45, 2.75) is 36.8 Å². The van der Waals surface area contributed by atoms with Crippen molar-refractivity contribution in [2.24, 2.45) is 0 Å². The van der Waals surface area contributed by atoms with E-state index in [0.29, 0.717) is 23.9 Å². The van der Waals surface area contributed by atoms with E-state index in [9.17, 15) is 18.3 Å². The monoisotopic (exact) mass is 405 g/mol. The molecule has 2 heterocycles. The Morgan fingerprint density at radius 3 is 2.30 bits per heavy atom. The number of hydrogen-bond acceptors (Lipinski definition) is 4. The Hall–Kier alpha value is -1.96. The van der Waals surface area contributed by atoms with E-state index in [1.807, 2.05) is 24.3 Å². The summed E-state index contributed by atoms with van der Waals surface area (Å²) in [6, 6.07) is 10.8. The first-order valence-electron chi connectivity index (χ1n) is 8.94. The molecule has 0 saturated carbocycles. The number of aliphatic carboxylic acids is 1. The van der Waals surface area contributed by atoms with Gasteiger partial charge in [-0.05, 0) is 48.1 Å². The van der Waals surface area contributed by atoms with Gasteiger partial charge in [-0.15, -0.1) is 11.3 Å². The second-order valence-corrected chi connectivity index (χ2v) is 10.2. The summed E-state index contributed by atoms with van der Waals surface area (Å²) in [5, 5.41) is 9.63. The predicted molar refractivity (Wildman–Crippen MR) is 108 cm³/mol. The zero-order valence-corrected chi connectivity index (χ0v) is 17.0. The molecule has 7 heteroatoms. The van der Waals surface area contributed by atoms with Gasteiger partial charge in [-0.25, -0.2) is 13.2 Å². The third-order valence-electron chi connectivity index (χ3n) is 4.65. The molecule has 0 bridgehead atoms. The average molecular weight is 406 g/mol. The first-order valence-corrected chi connectivity index (χ1v) is 11.2. The standard InChI is InChI=1S/C20H23NO4S2/c1-14(2)16-7-5-15(6-8-16)13-17(20(22)23)18-9-10-19(26-18)27(24,25)21-11-3-4-12-21/h5-10,13-14H,3-4,11-12H2,1-2H3,(H,22,23)/b17-13-. The fourth-order valence-corrected chi connectivity index (χ4v) is 6.03. The first-order chi connectivity index (χ1) is 12.8. The summed E-state index contributed by atoms with van der Waals surface area (Å²) in [5.74, 6) is -0.674. The van der Waals surface area contributed by atoms with Crippen LogP contribution in [-0.2, 0) is 14.8 Å². The minimum absolute atomic E-state index is 0.0974. The predicted octanol–water partition coefficient (Wildman–Crippen LogP) is 4.28. The molecule has 1 aliphatic heterocycles. The summed E-state index contributed by atoms with van der Waals surface area (Å²) in [4.78, 5) is 12.2. The molecule has 0 atom stereocenters.